The SMILES string of the molecule is NCC(F)(F)C1CCCS(=O)(=O)C1. The zero-order valence-electron chi connectivity index (χ0n) is 7.17. The van der Waals surface area contributed by atoms with Gasteiger partial charge in [-0.1, -0.05) is 0 Å². The van der Waals surface area contributed by atoms with Gasteiger partial charge in [0.05, 0.1) is 18.1 Å². The monoisotopic (exact) mass is 213 g/mol. The van der Waals surface area contributed by atoms with Crippen molar-refractivity contribution in [1.82, 2.24) is 0 Å². The van der Waals surface area contributed by atoms with Crippen molar-refractivity contribution in [2.45, 2.75) is 18.8 Å². The second-order valence-electron chi connectivity index (χ2n) is 3.42. The van der Waals surface area contributed by atoms with E-state index in [2.05, 4.69) is 0 Å². The molecule has 1 unspecified atom stereocenters. The van der Waals surface area contributed by atoms with E-state index in [0.717, 1.165) is 0 Å². The van der Waals surface area contributed by atoms with Crippen LogP contribution in [0.4, 0.5) is 8.78 Å². The Morgan fingerprint density at radius 2 is 2.08 bits per heavy atom. The summed E-state index contributed by atoms with van der Waals surface area (Å²) < 4.78 is 48.1. The van der Waals surface area contributed by atoms with Gasteiger partial charge in [-0.05, 0) is 12.8 Å². The molecule has 1 aliphatic rings. The maximum atomic E-state index is 13.0. The molecule has 3 nitrogen and oxygen atoms in total. The minimum atomic E-state index is -3.26. The third-order valence-corrected chi connectivity index (χ3v) is 4.15. The van der Waals surface area contributed by atoms with Gasteiger partial charge in [-0.2, -0.15) is 0 Å². The molecule has 0 saturated carbocycles. The molecule has 13 heavy (non-hydrogen) atoms. The molecule has 0 aromatic heterocycles. The van der Waals surface area contributed by atoms with Crippen molar-refractivity contribution in [2.75, 3.05) is 18.1 Å². The highest BCUT2D eigenvalue weighted by Gasteiger charge is 2.42. The fourth-order valence-corrected chi connectivity index (χ4v) is 3.32. The van der Waals surface area contributed by atoms with Crippen molar-refractivity contribution in [3.63, 3.8) is 0 Å². The third-order valence-electron chi connectivity index (χ3n) is 2.33. The Morgan fingerprint density at radius 3 is 2.54 bits per heavy atom. The van der Waals surface area contributed by atoms with Crippen LogP contribution >= 0.6 is 0 Å². The average molecular weight is 213 g/mol. The fraction of sp³-hybridized carbons (Fsp3) is 1.00. The van der Waals surface area contributed by atoms with E-state index < -0.39 is 34.0 Å². The quantitative estimate of drug-likeness (QED) is 0.722. The summed E-state index contributed by atoms with van der Waals surface area (Å²) in [6, 6.07) is 0. The highest BCUT2D eigenvalue weighted by Crippen LogP contribution is 2.32. The summed E-state index contributed by atoms with van der Waals surface area (Å²) in [7, 11) is -3.26. The lowest BCUT2D eigenvalue weighted by Crippen LogP contribution is -2.42. The normalized spacial score (nSPS) is 28.7. The van der Waals surface area contributed by atoms with Crippen LogP contribution in [0.25, 0.3) is 0 Å². The molecular weight excluding hydrogens is 200 g/mol. The minimum absolute atomic E-state index is 0.0319. The van der Waals surface area contributed by atoms with Crippen molar-refractivity contribution in [3.8, 4) is 0 Å². The molecule has 0 aromatic rings. The molecule has 1 aliphatic heterocycles. The fourth-order valence-electron chi connectivity index (χ4n) is 1.52. The predicted molar refractivity (Wildman–Crippen MR) is 45.4 cm³/mol. The topological polar surface area (TPSA) is 60.2 Å². The molecule has 0 aromatic carbocycles. The number of nitrogens with two attached hydrogens (primary N) is 1. The molecule has 1 rings (SSSR count). The van der Waals surface area contributed by atoms with Gasteiger partial charge in [0.1, 0.15) is 0 Å². The number of rotatable bonds is 2. The zero-order valence-corrected chi connectivity index (χ0v) is 7.99. The number of hydrogen-bond acceptors (Lipinski definition) is 3. The molecule has 0 bridgehead atoms. The maximum Gasteiger partial charge on any atom is 0.263 e. The van der Waals surface area contributed by atoms with Gasteiger partial charge >= 0.3 is 0 Å². The average Bonchev–Trinajstić information content (AvgIpc) is 2.03. The van der Waals surface area contributed by atoms with Crippen LogP contribution < -0.4 is 5.73 Å². The van der Waals surface area contributed by atoms with E-state index in [1.165, 1.54) is 0 Å². The van der Waals surface area contributed by atoms with E-state index in [4.69, 9.17) is 5.73 Å². The molecular formula is C7H13F2NO2S. The summed E-state index contributed by atoms with van der Waals surface area (Å²) in [6.45, 7) is -0.771. The van der Waals surface area contributed by atoms with Crippen LogP contribution in [0.15, 0.2) is 0 Å². The third kappa shape index (κ3) is 2.60. The van der Waals surface area contributed by atoms with Crippen molar-refractivity contribution < 1.29 is 17.2 Å². The summed E-state index contributed by atoms with van der Waals surface area (Å²) in [5.74, 6) is -4.51. The van der Waals surface area contributed by atoms with Gasteiger partial charge in [0.15, 0.2) is 9.84 Å². The Kier molecular flexibility index (Phi) is 2.91. The van der Waals surface area contributed by atoms with E-state index in [9.17, 15) is 17.2 Å². The Labute approximate surface area is 76.2 Å². The lowest BCUT2D eigenvalue weighted by molar-refractivity contribution is -0.0448. The Balaban J connectivity index is 2.73. The van der Waals surface area contributed by atoms with Gasteiger partial charge in [0, 0.05) is 5.92 Å². The molecule has 0 amide bonds. The molecule has 6 heteroatoms. The van der Waals surface area contributed by atoms with E-state index in [1.54, 1.807) is 0 Å². The predicted octanol–water partition coefficient (Wildman–Crippen LogP) is 0.405. The minimum Gasteiger partial charge on any atom is -0.325 e. The summed E-state index contributed by atoms with van der Waals surface area (Å²) in [4.78, 5) is 0. The summed E-state index contributed by atoms with van der Waals surface area (Å²) >= 11 is 0. The second kappa shape index (κ2) is 3.49. The largest absolute Gasteiger partial charge is 0.325 e. The van der Waals surface area contributed by atoms with Crippen LogP contribution in [0.5, 0.6) is 0 Å². The molecule has 1 atom stereocenters. The van der Waals surface area contributed by atoms with Crippen LogP contribution in [0, 0.1) is 5.92 Å². The molecule has 78 valence electrons. The Hall–Kier alpha value is -0.230. The summed E-state index contributed by atoms with van der Waals surface area (Å²) in [5, 5.41) is 0. The summed E-state index contributed by atoms with van der Waals surface area (Å²) in [6.07, 6.45) is 0.575. The van der Waals surface area contributed by atoms with Crippen LogP contribution in [-0.4, -0.2) is 32.4 Å². The first-order valence-electron chi connectivity index (χ1n) is 4.16. The van der Waals surface area contributed by atoms with Gasteiger partial charge < -0.3 is 5.73 Å². The number of halogens is 2. The highest BCUT2D eigenvalue weighted by molar-refractivity contribution is 7.91. The first-order valence-corrected chi connectivity index (χ1v) is 5.98. The van der Waals surface area contributed by atoms with E-state index in [1.807, 2.05) is 0 Å². The number of hydrogen-bond donors (Lipinski definition) is 1. The van der Waals surface area contributed by atoms with E-state index >= 15 is 0 Å². The van der Waals surface area contributed by atoms with E-state index in [0.29, 0.717) is 6.42 Å². The maximum absolute atomic E-state index is 13.0. The van der Waals surface area contributed by atoms with Crippen LogP contribution in [-0.2, 0) is 9.84 Å². The van der Waals surface area contributed by atoms with E-state index in [-0.39, 0.29) is 12.2 Å². The second-order valence-corrected chi connectivity index (χ2v) is 5.65. The molecule has 0 radical (unpaired) electrons. The Bertz CT molecular complexity index is 276. The van der Waals surface area contributed by atoms with Gasteiger partial charge in [0.2, 0.25) is 0 Å². The van der Waals surface area contributed by atoms with Crippen LogP contribution in [0.1, 0.15) is 12.8 Å². The van der Waals surface area contributed by atoms with Crippen molar-refractivity contribution in [2.24, 2.45) is 11.7 Å². The van der Waals surface area contributed by atoms with Crippen LogP contribution in [0.3, 0.4) is 0 Å². The molecule has 0 spiro atoms. The molecule has 2 N–H and O–H groups in total. The lowest BCUT2D eigenvalue weighted by atomic mass is 9.98. The molecule has 1 heterocycles. The summed E-state index contributed by atoms with van der Waals surface area (Å²) in [5.41, 5.74) is 4.88. The van der Waals surface area contributed by atoms with Gasteiger partial charge in [-0.15, -0.1) is 0 Å². The van der Waals surface area contributed by atoms with Gasteiger partial charge in [0.25, 0.3) is 5.92 Å². The van der Waals surface area contributed by atoms with Crippen molar-refractivity contribution in [3.05, 3.63) is 0 Å². The molecule has 1 fully saturated rings. The lowest BCUT2D eigenvalue weighted by Gasteiger charge is -2.28. The zero-order chi connectivity index (χ0) is 10.1. The molecule has 0 aliphatic carbocycles. The molecule has 1 saturated heterocycles. The van der Waals surface area contributed by atoms with Gasteiger partial charge in [-0.3, -0.25) is 0 Å². The standard InChI is InChI=1S/C7H13F2NO2S/c8-7(9,5-10)6-2-1-3-13(11,12)4-6/h6H,1-5,10H2. The number of sulfone groups is 1. The Morgan fingerprint density at radius 1 is 1.46 bits per heavy atom. The van der Waals surface area contributed by atoms with Gasteiger partial charge in [-0.25, -0.2) is 17.2 Å². The first-order chi connectivity index (χ1) is 5.87. The van der Waals surface area contributed by atoms with Crippen molar-refractivity contribution in [1.29, 1.82) is 0 Å². The van der Waals surface area contributed by atoms with Crippen LogP contribution in [0.2, 0.25) is 0 Å². The smallest absolute Gasteiger partial charge is 0.263 e. The number of alkyl halides is 2. The highest BCUT2D eigenvalue weighted by atomic mass is 32.2. The van der Waals surface area contributed by atoms with Crippen molar-refractivity contribution >= 4 is 9.84 Å². The first kappa shape index (κ1) is 10.8.